The summed E-state index contributed by atoms with van der Waals surface area (Å²) in [5.74, 6) is -0.581. The van der Waals surface area contributed by atoms with Crippen molar-refractivity contribution in [3.63, 3.8) is 0 Å². The molecule has 0 bridgehead atoms. The first-order valence-corrected chi connectivity index (χ1v) is 5.68. The number of hydrogen-bond donors (Lipinski definition) is 1. The maximum atomic E-state index is 5.87. The number of epoxide rings is 1. The molecule has 1 fully saturated rings. The molecule has 1 aliphatic carbocycles. The van der Waals surface area contributed by atoms with Crippen molar-refractivity contribution in [3.8, 4) is 0 Å². The molecule has 0 amide bonds. The number of H-pyrrole nitrogens is 1. The third-order valence-electron chi connectivity index (χ3n) is 3.06. The highest BCUT2D eigenvalue weighted by Crippen LogP contribution is 2.59. The van der Waals surface area contributed by atoms with E-state index in [1.54, 1.807) is 0 Å². The number of hydrogen-bond acceptors (Lipinski definition) is 2. The fourth-order valence-electron chi connectivity index (χ4n) is 2.23. The highest BCUT2D eigenvalue weighted by atomic mass is 16.8. The summed E-state index contributed by atoms with van der Waals surface area (Å²) >= 11 is 0. The number of allylic oxidation sites excluding steroid dienone is 2. The molecule has 2 heterocycles. The Balaban J connectivity index is 1.92. The van der Waals surface area contributed by atoms with Gasteiger partial charge in [0.05, 0.1) is 12.3 Å². The first-order chi connectivity index (χ1) is 7.83. The molecule has 1 saturated heterocycles. The van der Waals surface area contributed by atoms with Gasteiger partial charge in [0.15, 0.2) is 5.60 Å². The second-order valence-electron chi connectivity index (χ2n) is 4.16. The summed E-state index contributed by atoms with van der Waals surface area (Å²) in [6.45, 7) is 2.80. The molecule has 1 N–H and O–H groups in total. The standard InChI is InChI=1S/C13H15NO2/c1-2-10-15-13-8-4-3-7-12(13,16-13)11-6-5-9-14-11/h3-9,14H,2,10H2,1H3. The van der Waals surface area contributed by atoms with E-state index in [4.69, 9.17) is 9.47 Å². The van der Waals surface area contributed by atoms with E-state index in [2.05, 4.69) is 18.0 Å². The molecule has 84 valence electrons. The van der Waals surface area contributed by atoms with Crippen LogP contribution in [-0.4, -0.2) is 17.4 Å². The Morgan fingerprint density at radius 2 is 2.25 bits per heavy atom. The first kappa shape index (κ1) is 9.87. The van der Waals surface area contributed by atoms with Crippen molar-refractivity contribution in [1.82, 2.24) is 4.98 Å². The molecule has 2 aliphatic rings. The monoisotopic (exact) mass is 217 g/mol. The van der Waals surface area contributed by atoms with E-state index < -0.39 is 11.4 Å². The van der Waals surface area contributed by atoms with Gasteiger partial charge in [0.1, 0.15) is 0 Å². The minimum Gasteiger partial charge on any atom is -0.362 e. The van der Waals surface area contributed by atoms with E-state index in [-0.39, 0.29) is 0 Å². The quantitative estimate of drug-likeness (QED) is 0.787. The fraction of sp³-hybridized carbons (Fsp3) is 0.385. The third kappa shape index (κ3) is 1.16. The average molecular weight is 217 g/mol. The SMILES string of the molecule is CCCOC12C=CC=CC1(c1ccc[nH]1)O2. The van der Waals surface area contributed by atoms with E-state index in [0.717, 1.165) is 12.1 Å². The van der Waals surface area contributed by atoms with E-state index >= 15 is 0 Å². The van der Waals surface area contributed by atoms with Gasteiger partial charge in [-0.3, -0.25) is 0 Å². The summed E-state index contributed by atoms with van der Waals surface area (Å²) in [5.41, 5.74) is 0.615. The van der Waals surface area contributed by atoms with E-state index in [9.17, 15) is 0 Å². The zero-order valence-corrected chi connectivity index (χ0v) is 9.27. The van der Waals surface area contributed by atoms with Crippen molar-refractivity contribution >= 4 is 0 Å². The van der Waals surface area contributed by atoms with Gasteiger partial charge in [0.25, 0.3) is 0 Å². The van der Waals surface area contributed by atoms with Crippen molar-refractivity contribution in [3.05, 3.63) is 48.3 Å². The van der Waals surface area contributed by atoms with Crippen LogP contribution in [0.2, 0.25) is 0 Å². The Hall–Kier alpha value is -1.32. The van der Waals surface area contributed by atoms with Gasteiger partial charge in [-0.25, -0.2) is 0 Å². The van der Waals surface area contributed by atoms with Crippen LogP contribution in [-0.2, 0) is 15.1 Å². The summed E-state index contributed by atoms with van der Waals surface area (Å²) in [6, 6.07) is 4.00. The van der Waals surface area contributed by atoms with Gasteiger partial charge in [0.2, 0.25) is 5.79 Å². The van der Waals surface area contributed by atoms with Crippen molar-refractivity contribution < 1.29 is 9.47 Å². The predicted octanol–water partition coefficient (Wildman–Crippen LogP) is 2.49. The molecule has 1 aromatic heterocycles. The van der Waals surface area contributed by atoms with Crippen LogP contribution in [0.5, 0.6) is 0 Å². The lowest BCUT2D eigenvalue weighted by atomic mass is 9.94. The summed E-state index contributed by atoms with van der Waals surface area (Å²) in [7, 11) is 0. The van der Waals surface area contributed by atoms with Gasteiger partial charge in [-0.1, -0.05) is 19.1 Å². The highest BCUT2D eigenvalue weighted by molar-refractivity contribution is 5.42. The predicted molar refractivity (Wildman–Crippen MR) is 60.8 cm³/mol. The minimum atomic E-state index is -0.581. The molecule has 2 atom stereocenters. The summed E-state index contributed by atoms with van der Waals surface area (Å²) in [4.78, 5) is 3.20. The van der Waals surface area contributed by atoms with E-state index in [1.807, 2.05) is 36.6 Å². The zero-order chi connectivity index (χ0) is 11.1. The zero-order valence-electron chi connectivity index (χ0n) is 9.27. The number of aromatic nitrogens is 1. The Morgan fingerprint density at radius 1 is 1.38 bits per heavy atom. The molecule has 3 heteroatoms. The van der Waals surface area contributed by atoms with Gasteiger partial charge in [0, 0.05) is 6.20 Å². The number of nitrogens with one attached hydrogen (secondary N) is 1. The van der Waals surface area contributed by atoms with Crippen LogP contribution in [0.4, 0.5) is 0 Å². The van der Waals surface area contributed by atoms with Crippen molar-refractivity contribution in [1.29, 1.82) is 0 Å². The molecule has 1 aliphatic heterocycles. The first-order valence-electron chi connectivity index (χ1n) is 5.68. The van der Waals surface area contributed by atoms with E-state index in [1.165, 1.54) is 0 Å². The molecule has 0 spiro atoms. The lowest BCUT2D eigenvalue weighted by Crippen LogP contribution is -2.26. The van der Waals surface area contributed by atoms with Gasteiger partial charge >= 0.3 is 0 Å². The average Bonchev–Trinajstić information content (AvgIpc) is 2.71. The van der Waals surface area contributed by atoms with Crippen LogP contribution >= 0.6 is 0 Å². The molecule has 3 nitrogen and oxygen atoms in total. The maximum Gasteiger partial charge on any atom is 0.229 e. The molecule has 2 unspecified atom stereocenters. The maximum absolute atomic E-state index is 5.87. The molecular formula is C13H15NO2. The van der Waals surface area contributed by atoms with Crippen molar-refractivity contribution in [2.24, 2.45) is 0 Å². The van der Waals surface area contributed by atoms with Crippen molar-refractivity contribution in [2.45, 2.75) is 24.7 Å². The lowest BCUT2D eigenvalue weighted by molar-refractivity contribution is -0.00815. The van der Waals surface area contributed by atoms with Gasteiger partial charge in [-0.2, -0.15) is 0 Å². The van der Waals surface area contributed by atoms with Crippen LogP contribution in [0.25, 0.3) is 0 Å². The Labute approximate surface area is 94.8 Å². The largest absolute Gasteiger partial charge is 0.362 e. The Morgan fingerprint density at radius 3 is 3.00 bits per heavy atom. The van der Waals surface area contributed by atoms with Gasteiger partial charge < -0.3 is 14.5 Å². The smallest absolute Gasteiger partial charge is 0.229 e. The normalized spacial score (nSPS) is 35.1. The van der Waals surface area contributed by atoms with Crippen LogP contribution in [0, 0.1) is 0 Å². The van der Waals surface area contributed by atoms with Crippen LogP contribution in [0.1, 0.15) is 19.0 Å². The molecule has 3 rings (SSSR count). The number of fused-ring (bicyclic) bond motifs is 1. The second-order valence-corrected chi connectivity index (χ2v) is 4.16. The number of rotatable bonds is 4. The Kier molecular flexibility index (Phi) is 2.06. The fourth-order valence-corrected chi connectivity index (χ4v) is 2.23. The topological polar surface area (TPSA) is 37.5 Å². The third-order valence-corrected chi connectivity index (χ3v) is 3.06. The van der Waals surface area contributed by atoms with Gasteiger partial charge in [-0.05, 0) is 30.7 Å². The molecule has 0 radical (unpaired) electrons. The summed E-state index contributed by atoms with van der Waals surface area (Å²) in [6.07, 6.45) is 10.9. The minimum absolute atomic E-state index is 0.430. The molecule has 0 saturated carbocycles. The van der Waals surface area contributed by atoms with Crippen LogP contribution in [0.15, 0.2) is 42.6 Å². The van der Waals surface area contributed by atoms with Gasteiger partial charge in [-0.15, -0.1) is 0 Å². The van der Waals surface area contributed by atoms with Crippen molar-refractivity contribution in [2.75, 3.05) is 6.61 Å². The Bertz CT molecular complexity index is 435. The number of ether oxygens (including phenoxy) is 2. The molecule has 1 aromatic rings. The molecular weight excluding hydrogens is 202 g/mol. The summed E-state index contributed by atoms with van der Waals surface area (Å²) in [5, 5.41) is 0. The second kappa shape index (κ2) is 3.34. The van der Waals surface area contributed by atoms with Crippen LogP contribution < -0.4 is 0 Å². The molecule has 16 heavy (non-hydrogen) atoms. The number of aromatic amines is 1. The lowest BCUT2D eigenvalue weighted by Gasteiger charge is -2.16. The highest BCUT2D eigenvalue weighted by Gasteiger charge is 2.71. The van der Waals surface area contributed by atoms with E-state index in [0.29, 0.717) is 6.61 Å². The van der Waals surface area contributed by atoms with Crippen LogP contribution in [0.3, 0.4) is 0 Å². The molecule has 0 aromatic carbocycles. The summed E-state index contributed by atoms with van der Waals surface area (Å²) < 4.78 is 11.7.